The first-order valence-electron chi connectivity index (χ1n) is 33.2. The second kappa shape index (κ2) is 30.7. The standard InChI is InChI=1S/C25H29ClN6O2S.C24H24ClN7OS.C23H27ClN4O2S/c1-15-16(2)35-25-22(15)23(18-4-6-19(26)7-5-18)28-20(24-30-29-17(3)32(24)25)14-21(33)27-8-9-31-10-12-34-13-11-31;1-13-14(2)34-24-21(13)22(16-4-6-17(25)7-5-16)29-19(23-31-30-15(3)32(23)24)10-20(33)27-9-8-18-11-26-12-28-18;1-12-13(2)31-22-19(12)20(15-7-9-16(24)10-8-15)25-17(11-18(29)30-23(4,5)6)21-27-26-14(3)28(21)22/h4-7,20H,8-14H2,1-3H3,(H,27,33);4-7,11-12,19H,8-10H2,1-3H3,(H,26,28)(H,27,33);7-10,17,19,22H,11H2,1-6H3/t20-;19-;17-,19?,22?/m000/s1. The van der Waals surface area contributed by atoms with Gasteiger partial charge < -0.3 is 25.1 Å². The van der Waals surface area contributed by atoms with Gasteiger partial charge in [-0.25, -0.2) is 4.98 Å². The van der Waals surface area contributed by atoms with Gasteiger partial charge in [-0.3, -0.25) is 48.0 Å². The molecule has 14 rings (SSSR count). The predicted molar refractivity (Wildman–Crippen MR) is 396 cm³/mol. The maximum atomic E-state index is 13.0. The summed E-state index contributed by atoms with van der Waals surface area (Å²) in [5, 5.41) is 36.6. The number of rotatable bonds is 15. The Bertz CT molecular complexity index is 4630. The highest BCUT2D eigenvalue weighted by Gasteiger charge is 2.44. The van der Waals surface area contributed by atoms with Crippen LogP contribution in [0.3, 0.4) is 0 Å². The fourth-order valence-electron chi connectivity index (χ4n) is 12.8. The number of aromatic amines is 1. The number of benzene rings is 3. The number of morpholine rings is 1. The highest BCUT2D eigenvalue weighted by Crippen LogP contribution is 2.53. The van der Waals surface area contributed by atoms with Gasteiger partial charge in [-0.15, -0.1) is 65.0 Å². The minimum absolute atomic E-state index is 0.0483. The lowest BCUT2D eigenvalue weighted by atomic mass is 9.90. The van der Waals surface area contributed by atoms with E-state index in [1.807, 2.05) is 114 Å². The number of imidazole rings is 1. The summed E-state index contributed by atoms with van der Waals surface area (Å²) in [6.45, 7) is 29.4. The first kappa shape index (κ1) is 71.8. The van der Waals surface area contributed by atoms with Gasteiger partial charge in [-0.05, 0) is 141 Å². The van der Waals surface area contributed by atoms with E-state index in [0.29, 0.717) is 52.1 Å². The van der Waals surface area contributed by atoms with Crippen molar-refractivity contribution in [3.05, 3.63) is 200 Å². The van der Waals surface area contributed by atoms with Gasteiger partial charge in [-0.2, -0.15) is 0 Å². The molecule has 0 aliphatic carbocycles. The van der Waals surface area contributed by atoms with Crippen LogP contribution in [0.2, 0.25) is 15.1 Å². The number of hydrogen-bond acceptors (Lipinski definition) is 19. The number of aliphatic imine (C=N–C) groups is 3. The van der Waals surface area contributed by atoms with E-state index in [1.165, 1.54) is 25.8 Å². The number of aryl methyl sites for hydroxylation is 5. The van der Waals surface area contributed by atoms with Crippen molar-refractivity contribution in [3.8, 4) is 10.0 Å². The molecule has 0 saturated carbocycles. The molecule has 5 atom stereocenters. The minimum atomic E-state index is -0.559. The van der Waals surface area contributed by atoms with Crippen molar-refractivity contribution >= 4 is 104 Å². The number of allylic oxidation sites excluding steroid dienone is 2. The lowest BCUT2D eigenvalue weighted by molar-refractivity contribution is -0.155. The molecule has 22 nitrogen and oxygen atoms in total. The van der Waals surface area contributed by atoms with Crippen LogP contribution in [-0.4, -0.2) is 146 Å². The second-order valence-corrected chi connectivity index (χ2v) is 31.3. The molecular formula is C72H80Cl3N17O5S3. The molecule has 3 N–H and O–H groups in total. The van der Waals surface area contributed by atoms with Crippen LogP contribution in [0.4, 0.5) is 0 Å². The summed E-state index contributed by atoms with van der Waals surface area (Å²) < 4.78 is 17.3. The first-order chi connectivity index (χ1) is 47.9. The van der Waals surface area contributed by atoms with E-state index in [4.69, 9.17) is 59.3 Å². The van der Waals surface area contributed by atoms with Crippen LogP contribution in [0.15, 0.2) is 111 Å². The molecule has 0 spiro atoms. The molecule has 522 valence electrons. The molecule has 11 heterocycles. The van der Waals surface area contributed by atoms with Gasteiger partial charge in [0, 0.05) is 98.1 Å². The smallest absolute Gasteiger partial charge is 0.308 e. The monoisotopic (exact) mass is 1460 g/mol. The van der Waals surface area contributed by atoms with E-state index < -0.39 is 23.7 Å². The van der Waals surface area contributed by atoms with Crippen molar-refractivity contribution in [3.63, 3.8) is 0 Å². The van der Waals surface area contributed by atoms with Gasteiger partial charge in [0.15, 0.2) is 17.5 Å². The van der Waals surface area contributed by atoms with Crippen molar-refractivity contribution in [1.82, 2.24) is 69.8 Å². The number of nitrogens with one attached hydrogen (secondary N) is 3. The Morgan fingerprint density at radius 2 is 1.09 bits per heavy atom. The molecule has 0 bridgehead atoms. The fourth-order valence-corrected chi connectivity index (χ4v) is 17.1. The van der Waals surface area contributed by atoms with Crippen LogP contribution in [-0.2, 0) is 30.3 Å². The highest BCUT2D eigenvalue weighted by atomic mass is 35.5. The number of amides is 2. The number of H-pyrrole nitrogens is 1. The Labute approximate surface area is 608 Å². The van der Waals surface area contributed by atoms with Gasteiger partial charge in [0.1, 0.15) is 51.2 Å². The van der Waals surface area contributed by atoms with E-state index in [1.54, 1.807) is 47.0 Å². The number of nitrogens with zero attached hydrogens (tertiary/aromatic N) is 14. The third-order valence-electron chi connectivity index (χ3n) is 18.2. The van der Waals surface area contributed by atoms with Gasteiger partial charge in [0.2, 0.25) is 11.8 Å². The van der Waals surface area contributed by atoms with Crippen LogP contribution in [0.5, 0.6) is 0 Å². The molecular weight excluding hydrogens is 1390 g/mol. The summed E-state index contributed by atoms with van der Waals surface area (Å²) in [6, 6.07) is 21.7. The maximum Gasteiger partial charge on any atom is 0.308 e. The fraction of sp³-hybridized carbons (Fsp3) is 0.403. The lowest BCUT2D eigenvalue weighted by Gasteiger charge is -2.26. The van der Waals surface area contributed by atoms with E-state index in [0.717, 1.165) is 117 Å². The number of thioether (sulfide) groups is 1. The third-order valence-corrected chi connectivity index (χ3v) is 22.7. The molecule has 28 heteroatoms. The Hall–Kier alpha value is -8.01. The number of hydrogen-bond donors (Lipinski definition) is 3. The van der Waals surface area contributed by atoms with Crippen LogP contribution in [0.25, 0.3) is 10.0 Å². The van der Waals surface area contributed by atoms with E-state index in [2.05, 4.69) is 111 Å². The lowest BCUT2D eigenvalue weighted by Crippen LogP contribution is -2.41. The van der Waals surface area contributed by atoms with E-state index in [9.17, 15) is 14.4 Å². The molecule has 100 heavy (non-hydrogen) atoms. The molecule has 9 aromatic rings. The van der Waals surface area contributed by atoms with Crippen molar-refractivity contribution < 1.29 is 23.9 Å². The Balaban J connectivity index is 0.000000142. The topological polar surface area (TPSA) is 255 Å². The SMILES string of the molecule is CC1=C(C)C2C(c3ccc(Cl)cc3)=N[C@@H](CC(=O)OC(C)(C)C)c3nnc(C)n3C2S1.Cc1sc2c(c1C)C(c1ccc(Cl)cc1)=N[C@@H](CC(=O)NCCN1CCOCC1)c1nnc(C)n1-2.Cc1sc2c(c1C)C(c1ccc(Cl)cc1)=N[C@@H](CC(=O)NCCc1cnc[nH]1)c1nnc(C)n1-2. The van der Waals surface area contributed by atoms with Crippen LogP contribution >= 0.6 is 69.2 Å². The normalized spacial score (nSPS) is 18.5. The molecule has 3 aromatic carbocycles. The highest BCUT2D eigenvalue weighted by molar-refractivity contribution is 8.03. The number of thiophene rings is 2. The largest absolute Gasteiger partial charge is 0.460 e. The molecule has 6 aromatic heterocycles. The van der Waals surface area contributed by atoms with Crippen molar-refractivity contribution in [2.75, 3.05) is 45.9 Å². The summed E-state index contributed by atoms with van der Waals surface area (Å²) in [5.74, 6) is 4.07. The zero-order chi connectivity index (χ0) is 70.8. The molecule has 1 saturated heterocycles. The zero-order valence-electron chi connectivity index (χ0n) is 57.9. The number of ether oxygens (including phenoxy) is 2. The molecule has 5 aliphatic rings. The number of fused-ring (bicyclic) bond motifs is 9. The molecule has 2 unspecified atom stereocenters. The van der Waals surface area contributed by atoms with Crippen molar-refractivity contribution in [2.45, 2.75) is 138 Å². The third kappa shape index (κ3) is 15.7. The zero-order valence-corrected chi connectivity index (χ0v) is 62.6. The van der Waals surface area contributed by atoms with E-state index >= 15 is 0 Å². The predicted octanol–water partition coefficient (Wildman–Crippen LogP) is 13.6. The Morgan fingerprint density at radius 3 is 1.59 bits per heavy atom. The van der Waals surface area contributed by atoms with Gasteiger partial charge in [0.05, 0.1) is 67.2 Å². The van der Waals surface area contributed by atoms with Crippen molar-refractivity contribution in [2.24, 2.45) is 20.9 Å². The Kier molecular flexibility index (Phi) is 22.0. The minimum Gasteiger partial charge on any atom is -0.460 e. The van der Waals surface area contributed by atoms with Gasteiger partial charge in [-0.1, -0.05) is 76.8 Å². The molecule has 2 amide bonds. The average molecular weight is 1470 g/mol. The Morgan fingerprint density at radius 1 is 0.610 bits per heavy atom. The van der Waals surface area contributed by atoms with Crippen LogP contribution in [0, 0.1) is 54.4 Å². The summed E-state index contributed by atoms with van der Waals surface area (Å²) >= 11 is 23.7. The maximum absolute atomic E-state index is 13.0. The van der Waals surface area contributed by atoms with Crippen molar-refractivity contribution in [1.29, 1.82) is 0 Å². The second-order valence-electron chi connectivity index (χ2n) is 26.2. The number of carbonyl (C=O) groups is 3. The van der Waals surface area contributed by atoms with Crippen LogP contribution in [0.1, 0.15) is 167 Å². The number of carbonyl (C=O) groups excluding carboxylic acids is 3. The van der Waals surface area contributed by atoms with Gasteiger partial charge >= 0.3 is 5.97 Å². The van der Waals surface area contributed by atoms with Crippen LogP contribution < -0.4 is 10.6 Å². The first-order valence-corrected chi connectivity index (χ1v) is 36.9. The number of aromatic nitrogens is 11. The summed E-state index contributed by atoms with van der Waals surface area (Å²) in [7, 11) is 0. The molecule has 1 fully saturated rings. The number of halogens is 3. The molecule has 0 radical (unpaired) electrons. The quantitative estimate of drug-likeness (QED) is 0.0807. The number of esters is 1. The summed E-state index contributed by atoms with van der Waals surface area (Å²) in [5.41, 5.74) is 11.7. The molecule has 5 aliphatic heterocycles. The van der Waals surface area contributed by atoms with Gasteiger partial charge in [0.25, 0.3) is 0 Å². The summed E-state index contributed by atoms with van der Waals surface area (Å²) in [4.78, 5) is 67.1. The average Bonchev–Trinajstić information content (AvgIpc) is 1.61. The van der Waals surface area contributed by atoms with E-state index in [-0.39, 0.29) is 48.3 Å². The summed E-state index contributed by atoms with van der Waals surface area (Å²) in [6.07, 6.45) is 4.55.